The van der Waals surface area contributed by atoms with E-state index in [0.717, 1.165) is 0 Å². The van der Waals surface area contributed by atoms with E-state index in [1.54, 1.807) is 6.26 Å². The third kappa shape index (κ3) is 11.0. The van der Waals surface area contributed by atoms with Crippen LogP contribution in [0.4, 0.5) is 0 Å². The maximum atomic E-state index is 12.7. The van der Waals surface area contributed by atoms with E-state index in [1.807, 2.05) is 13.8 Å². The van der Waals surface area contributed by atoms with E-state index < -0.39 is 60.2 Å². The van der Waals surface area contributed by atoms with Crippen molar-refractivity contribution in [1.82, 2.24) is 16.0 Å². The molecule has 0 aliphatic rings. The van der Waals surface area contributed by atoms with E-state index >= 15 is 0 Å². The maximum Gasteiger partial charge on any atom is 0.326 e. The quantitative estimate of drug-likeness (QED) is 0.138. The number of hydrogen-bond donors (Lipinski definition) is 7. The summed E-state index contributed by atoms with van der Waals surface area (Å²) in [6.45, 7) is 3.70. The molecular formula is C19H34N4O7S2. The zero-order chi connectivity index (χ0) is 24.8. The first-order valence-electron chi connectivity index (χ1n) is 10.2. The lowest BCUT2D eigenvalue weighted by Gasteiger charge is -2.25. The Labute approximate surface area is 197 Å². The second kappa shape index (κ2) is 15.8. The second-order valence-corrected chi connectivity index (χ2v) is 8.68. The molecule has 0 aliphatic heterocycles. The van der Waals surface area contributed by atoms with Gasteiger partial charge >= 0.3 is 11.9 Å². The first kappa shape index (κ1) is 30.0. The first-order valence-corrected chi connectivity index (χ1v) is 12.2. The number of hydrogen-bond acceptors (Lipinski definition) is 8. The van der Waals surface area contributed by atoms with Crippen molar-refractivity contribution in [3.05, 3.63) is 0 Å². The number of thiol groups is 1. The molecule has 0 aromatic rings. The molecule has 0 bridgehead atoms. The third-order valence-corrected chi connectivity index (χ3v) is 5.89. The molecule has 0 aromatic carbocycles. The molecule has 0 saturated heterocycles. The number of thioether (sulfide) groups is 1. The van der Waals surface area contributed by atoms with Crippen molar-refractivity contribution < 1.29 is 34.2 Å². The van der Waals surface area contributed by atoms with Gasteiger partial charge < -0.3 is 31.9 Å². The number of carboxylic acids is 2. The molecule has 0 radical (unpaired) electrons. The topological polar surface area (TPSA) is 188 Å². The van der Waals surface area contributed by atoms with E-state index in [0.29, 0.717) is 12.2 Å². The van der Waals surface area contributed by atoms with Crippen LogP contribution < -0.4 is 21.7 Å². The van der Waals surface area contributed by atoms with Crippen LogP contribution in [0.5, 0.6) is 0 Å². The van der Waals surface area contributed by atoms with Crippen molar-refractivity contribution in [3.8, 4) is 0 Å². The SMILES string of the molecule is CCC(C)C(N)C(=O)NC(CS)C(=O)NC(CCSC)C(=O)NC(CCC(=O)O)C(=O)O. The molecule has 13 heteroatoms. The highest BCUT2D eigenvalue weighted by atomic mass is 32.2. The molecule has 184 valence electrons. The first-order chi connectivity index (χ1) is 15.0. The van der Waals surface area contributed by atoms with Crippen LogP contribution in [-0.2, 0) is 24.0 Å². The monoisotopic (exact) mass is 494 g/mol. The molecule has 5 unspecified atom stereocenters. The fraction of sp³-hybridized carbons (Fsp3) is 0.737. The van der Waals surface area contributed by atoms with E-state index in [4.69, 9.17) is 10.8 Å². The molecule has 11 nitrogen and oxygen atoms in total. The van der Waals surface area contributed by atoms with Crippen LogP contribution in [0.25, 0.3) is 0 Å². The minimum atomic E-state index is -1.42. The van der Waals surface area contributed by atoms with Gasteiger partial charge in [-0.05, 0) is 30.8 Å². The van der Waals surface area contributed by atoms with Gasteiger partial charge in [0.15, 0.2) is 0 Å². The van der Waals surface area contributed by atoms with Crippen molar-refractivity contribution in [3.63, 3.8) is 0 Å². The van der Waals surface area contributed by atoms with E-state index in [1.165, 1.54) is 11.8 Å². The van der Waals surface area contributed by atoms with Gasteiger partial charge in [0.2, 0.25) is 17.7 Å². The van der Waals surface area contributed by atoms with Crippen LogP contribution in [0.3, 0.4) is 0 Å². The molecule has 0 spiro atoms. The Morgan fingerprint density at radius 2 is 1.47 bits per heavy atom. The van der Waals surface area contributed by atoms with Gasteiger partial charge in [0.25, 0.3) is 0 Å². The number of aliphatic carboxylic acids is 2. The predicted molar refractivity (Wildman–Crippen MR) is 125 cm³/mol. The van der Waals surface area contributed by atoms with Gasteiger partial charge in [-0.25, -0.2) is 4.79 Å². The van der Waals surface area contributed by atoms with Crippen molar-refractivity contribution in [2.24, 2.45) is 11.7 Å². The average Bonchev–Trinajstić information content (AvgIpc) is 2.75. The number of nitrogens with two attached hydrogens (primary N) is 1. The molecule has 0 heterocycles. The molecule has 3 amide bonds. The standard InChI is InChI=1S/C19H34N4O7S2/c1-4-10(2)15(20)18(28)23-13(9-31)17(27)21-11(7-8-32-3)16(26)22-12(19(29)30)5-6-14(24)25/h10-13,15,31H,4-9,20H2,1-3H3,(H,21,27)(H,22,26)(H,23,28)(H,24,25)(H,29,30). The molecule has 32 heavy (non-hydrogen) atoms. The van der Waals surface area contributed by atoms with E-state index in [-0.39, 0.29) is 24.5 Å². The van der Waals surface area contributed by atoms with Crippen LogP contribution in [0.2, 0.25) is 0 Å². The fourth-order valence-corrected chi connectivity index (χ4v) is 3.28. The Morgan fingerprint density at radius 1 is 0.938 bits per heavy atom. The lowest BCUT2D eigenvalue weighted by molar-refractivity contribution is -0.143. The fourth-order valence-electron chi connectivity index (χ4n) is 2.55. The summed E-state index contributed by atoms with van der Waals surface area (Å²) >= 11 is 5.51. The molecule has 5 atom stereocenters. The summed E-state index contributed by atoms with van der Waals surface area (Å²) < 4.78 is 0. The molecule has 0 aliphatic carbocycles. The molecule has 0 rings (SSSR count). The second-order valence-electron chi connectivity index (χ2n) is 7.33. The lowest BCUT2D eigenvalue weighted by atomic mass is 9.99. The van der Waals surface area contributed by atoms with Crippen molar-refractivity contribution in [2.45, 2.75) is 63.7 Å². The van der Waals surface area contributed by atoms with Crippen LogP contribution in [0.15, 0.2) is 0 Å². The molecule has 0 aromatic heterocycles. The molecule has 0 saturated carbocycles. The summed E-state index contributed by atoms with van der Waals surface area (Å²) in [6.07, 6.45) is 1.93. The van der Waals surface area contributed by atoms with Crippen LogP contribution in [0.1, 0.15) is 39.5 Å². The number of carbonyl (C=O) groups excluding carboxylic acids is 3. The van der Waals surface area contributed by atoms with Gasteiger partial charge in [-0.2, -0.15) is 24.4 Å². The summed E-state index contributed by atoms with van der Waals surface area (Å²) in [7, 11) is 0. The highest BCUT2D eigenvalue weighted by Crippen LogP contribution is 2.07. The summed E-state index contributed by atoms with van der Waals surface area (Å²) in [5, 5.41) is 25.3. The lowest BCUT2D eigenvalue weighted by Crippen LogP contribution is -2.58. The van der Waals surface area contributed by atoms with Crippen molar-refractivity contribution in [1.29, 1.82) is 0 Å². The van der Waals surface area contributed by atoms with Gasteiger partial charge in [0.1, 0.15) is 18.1 Å². The average molecular weight is 495 g/mol. The van der Waals surface area contributed by atoms with Crippen LogP contribution in [0, 0.1) is 5.92 Å². The Morgan fingerprint density at radius 3 is 1.94 bits per heavy atom. The highest BCUT2D eigenvalue weighted by molar-refractivity contribution is 7.98. The normalized spacial score (nSPS) is 15.5. The molecule has 7 N–H and O–H groups in total. The third-order valence-electron chi connectivity index (χ3n) is 4.88. The van der Waals surface area contributed by atoms with Gasteiger partial charge in [-0.1, -0.05) is 20.3 Å². The highest BCUT2D eigenvalue weighted by Gasteiger charge is 2.30. The van der Waals surface area contributed by atoms with E-state index in [2.05, 4.69) is 28.6 Å². The van der Waals surface area contributed by atoms with Crippen molar-refractivity contribution in [2.75, 3.05) is 17.8 Å². The van der Waals surface area contributed by atoms with Crippen LogP contribution in [-0.4, -0.2) is 81.8 Å². The number of amides is 3. The largest absolute Gasteiger partial charge is 0.481 e. The van der Waals surface area contributed by atoms with Gasteiger partial charge in [0.05, 0.1) is 6.04 Å². The Bertz CT molecular complexity index is 666. The number of carbonyl (C=O) groups is 5. The summed E-state index contributed by atoms with van der Waals surface area (Å²) in [5.41, 5.74) is 5.89. The Hall–Kier alpha value is -1.99. The number of rotatable bonds is 16. The van der Waals surface area contributed by atoms with E-state index in [9.17, 15) is 29.1 Å². The molecule has 0 fully saturated rings. The minimum absolute atomic E-state index is 0.0436. The zero-order valence-electron chi connectivity index (χ0n) is 18.5. The Balaban J connectivity index is 5.26. The molecular weight excluding hydrogens is 460 g/mol. The Kier molecular flexibility index (Phi) is 14.8. The van der Waals surface area contributed by atoms with Gasteiger partial charge in [-0.3, -0.25) is 19.2 Å². The van der Waals surface area contributed by atoms with Crippen molar-refractivity contribution >= 4 is 54.1 Å². The van der Waals surface area contributed by atoms with Crippen LogP contribution >= 0.6 is 24.4 Å². The smallest absolute Gasteiger partial charge is 0.326 e. The summed E-state index contributed by atoms with van der Waals surface area (Å²) in [5.74, 6) is -4.17. The predicted octanol–water partition coefficient (Wildman–Crippen LogP) is -0.553. The minimum Gasteiger partial charge on any atom is -0.481 e. The number of nitrogens with one attached hydrogen (secondary N) is 3. The summed E-state index contributed by atoms with van der Waals surface area (Å²) in [6, 6.07) is -4.35. The van der Waals surface area contributed by atoms with Gasteiger partial charge in [0, 0.05) is 12.2 Å². The number of carboxylic acid groups (broad SMARTS) is 2. The maximum absolute atomic E-state index is 12.7. The van der Waals surface area contributed by atoms with Gasteiger partial charge in [-0.15, -0.1) is 0 Å². The zero-order valence-corrected chi connectivity index (χ0v) is 20.2. The summed E-state index contributed by atoms with van der Waals surface area (Å²) in [4.78, 5) is 59.7.